The summed E-state index contributed by atoms with van der Waals surface area (Å²) in [5.74, 6) is 2.30. The molecule has 0 spiro atoms. The largest absolute Gasteiger partial charge is 0.453 e. The highest BCUT2D eigenvalue weighted by molar-refractivity contribution is 6.12. The predicted octanol–water partition coefficient (Wildman–Crippen LogP) is 9.33. The van der Waals surface area contributed by atoms with Crippen LogP contribution in [0.15, 0.2) is 130 Å². The number of hydrogen-bond acceptors (Lipinski definition) is 2. The van der Waals surface area contributed by atoms with Crippen LogP contribution in [0.2, 0.25) is 0 Å². The maximum atomic E-state index is 6.18. The summed E-state index contributed by atoms with van der Waals surface area (Å²) in [4.78, 5) is 0. The van der Waals surface area contributed by atoms with Gasteiger partial charge >= 0.3 is 0 Å². The van der Waals surface area contributed by atoms with Gasteiger partial charge in [0.15, 0.2) is 11.5 Å². The second-order valence-corrected chi connectivity index (χ2v) is 8.58. The lowest BCUT2D eigenvalue weighted by molar-refractivity contribution is 0.552. The first-order valence-corrected chi connectivity index (χ1v) is 11.4. The van der Waals surface area contributed by atoms with Crippen molar-refractivity contribution in [3.63, 3.8) is 0 Å². The third-order valence-electron chi connectivity index (χ3n) is 6.50. The van der Waals surface area contributed by atoms with Crippen LogP contribution in [0, 0.1) is 0 Å². The third kappa shape index (κ3) is 3.04. The van der Waals surface area contributed by atoms with Gasteiger partial charge in [0.25, 0.3) is 0 Å². The molecule has 0 aliphatic rings. The first kappa shape index (κ1) is 19.0. The minimum atomic E-state index is 0.732. The lowest BCUT2D eigenvalue weighted by atomic mass is 9.91. The Bertz CT molecular complexity index is 1710. The smallest absolute Gasteiger partial charge is 0.170 e. The molecule has 7 aromatic rings. The molecule has 0 N–H and O–H groups in total. The fraction of sp³-hybridized carbons (Fsp3) is 0. The zero-order chi connectivity index (χ0) is 22.5. The van der Waals surface area contributed by atoms with E-state index in [1.54, 1.807) is 0 Å². The zero-order valence-corrected chi connectivity index (χ0v) is 18.4. The molecule has 2 heterocycles. The average molecular weight is 437 g/mol. The first-order chi connectivity index (χ1) is 16.8. The highest BCUT2D eigenvalue weighted by Crippen LogP contribution is 2.38. The number of rotatable bonds is 3. The van der Waals surface area contributed by atoms with Gasteiger partial charge in [0.2, 0.25) is 0 Å². The van der Waals surface area contributed by atoms with Crippen LogP contribution < -0.4 is 0 Å². The molecule has 0 amide bonds. The molecule has 0 aliphatic carbocycles. The summed E-state index contributed by atoms with van der Waals surface area (Å²) in [7, 11) is 0. The van der Waals surface area contributed by atoms with Crippen LogP contribution in [0.3, 0.4) is 0 Å². The molecule has 7 rings (SSSR count). The van der Waals surface area contributed by atoms with Crippen molar-refractivity contribution in [3.05, 3.63) is 121 Å². The summed E-state index contributed by atoms with van der Waals surface area (Å²) in [6.07, 6.45) is 0. The summed E-state index contributed by atoms with van der Waals surface area (Å²) < 4.78 is 12.1. The van der Waals surface area contributed by atoms with Crippen molar-refractivity contribution in [1.82, 2.24) is 0 Å². The van der Waals surface area contributed by atoms with Crippen LogP contribution in [0.5, 0.6) is 0 Å². The molecule has 34 heavy (non-hydrogen) atoms. The SMILES string of the molecule is c1ccc2oc(-c3ccc(-c4ccc(-c5c6ccccc6cc6ccccc56)cc4)o3)cc2c1. The van der Waals surface area contributed by atoms with Crippen LogP contribution in [0.1, 0.15) is 0 Å². The number of fused-ring (bicyclic) bond motifs is 3. The van der Waals surface area contributed by atoms with E-state index in [2.05, 4.69) is 78.9 Å². The van der Waals surface area contributed by atoms with E-state index in [1.165, 1.54) is 32.7 Å². The van der Waals surface area contributed by atoms with Crippen LogP contribution in [0.4, 0.5) is 0 Å². The normalized spacial score (nSPS) is 11.5. The number of benzene rings is 5. The van der Waals surface area contributed by atoms with Crippen molar-refractivity contribution >= 4 is 32.5 Å². The molecule has 0 unspecified atom stereocenters. The van der Waals surface area contributed by atoms with Crippen molar-refractivity contribution < 1.29 is 8.83 Å². The van der Waals surface area contributed by atoms with E-state index in [9.17, 15) is 0 Å². The molecule has 0 aliphatic heterocycles. The lowest BCUT2D eigenvalue weighted by Crippen LogP contribution is -1.85. The first-order valence-electron chi connectivity index (χ1n) is 11.4. The highest BCUT2D eigenvalue weighted by atomic mass is 16.4. The lowest BCUT2D eigenvalue weighted by Gasteiger charge is -2.12. The quantitative estimate of drug-likeness (QED) is 0.258. The zero-order valence-electron chi connectivity index (χ0n) is 18.4. The van der Waals surface area contributed by atoms with E-state index < -0.39 is 0 Å². The van der Waals surface area contributed by atoms with E-state index in [1.807, 2.05) is 42.5 Å². The van der Waals surface area contributed by atoms with Crippen molar-refractivity contribution in [3.8, 4) is 34.0 Å². The van der Waals surface area contributed by atoms with Crippen molar-refractivity contribution in [2.45, 2.75) is 0 Å². The Balaban J connectivity index is 1.30. The maximum absolute atomic E-state index is 6.18. The Labute approximate surface area is 196 Å². The minimum absolute atomic E-state index is 0.732. The van der Waals surface area contributed by atoms with Gasteiger partial charge in [-0.3, -0.25) is 0 Å². The summed E-state index contributed by atoms with van der Waals surface area (Å²) in [5, 5.41) is 6.10. The minimum Gasteiger partial charge on any atom is -0.453 e. The third-order valence-corrected chi connectivity index (χ3v) is 6.50. The average Bonchev–Trinajstić information content (AvgIpc) is 3.55. The number of hydrogen-bond donors (Lipinski definition) is 0. The molecule has 0 saturated carbocycles. The van der Waals surface area contributed by atoms with Crippen LogP contribution in [-0.4, -0.2) is 0 Å². The van der Waals surface area contributed by atoms with E-state index in [4.69, 9.17) is 8.83 Å². The maximum Gasteiger partial charge on any atom is 0.170 e. The van der Waals surface area contributed by atoms with Gasteiger partial charge in [0.05, 0.1) is 0 Å². The monoisotopic (exact) mass is 436 g/mol. The molecule has 5 aromatic carbocycles. The summed E-state index contributed by atoms with van der Waals surface area (Å²) in [6.45, 7) is 0. The Morgan fingerprint density at radius 3 is 1.68 bits per heavy atom. The van der Waals surface area contributed by atoms with Gasteiger partial charge in [-0.2, -0.15) is 0 Å². The Morgan fingerprint density at radius 2 is 0.971 bits per heavy atom. The Kier molecular flexibility index (Phi) is 4.18. The summed E-state index contributed by atoms with van der Waals surface area (Å²) in [5.41, 5.74) is 4.36. The molecule has 160 valence electrons. The standard InChI is InChI=1S/C32H20O2/c1-4-10-26-23(7-1)19-24-8-2-5-11-27(24)32(26)22-15-13-21(14-16-22)29-17-18-30(33-29)31-20-25-9-3-6-12-28(25)34-31/h1-20H. The fourth-order valence-electron chi connectivity index (χ4n) is 4.85. The van der Waals surface area contributed by atoms with Crippen LogP contribution >= 0.6 is 0 Å². The number of para-hydroxylation sites is 1. The molecular weight excluding hydrogens is 416 g/mol. The Hall–Kier alpha value is -4.56. The molecule has 2 heteroatoms. The molecule has 0 bridgehead atoms. The summed E-state index contributed by atoms with van der Waals surface area (Å²) in [6, 6.07) is 42.1. The van der Waals surface area contributed by atoms with Crippen molar-refractivity contribution in [1.29, 1.82) is 0 Å². The van der Waals surface area contributed by atoms with Gasteiger partial charge in [0, 0.05) is 10.9 Å². The van der Waals surface area contributed by atoms with Gasteiger partial charge in [0.1, 0.15) is 11.3 Å². The van der Waals surface area contributed by atoms with Gasteiger partial charge in [-0.1, -0.05) is 91.0 Å². The van der Waals surface area contributed by atoms with Crippen molar-refractivity contribution in [2.24, 2.45) is 0 Å². The fourth-order valence-corrected chi connectivity index (χ4v) is 4.85. The van der Waals surface area contributed by atoms with Crippen molar-refractivity contribution in [2.75, 3.05) is 0 Å². The van der Waals surface area contributed by atoms with E-state index in [-0.39, 0.29) is 0 Å². The van der Waals surface area contributed by atoms with Crippen LogP contribution in [-0.2, 0) is 0 Å². The van der Waals surface area contributed by atoms with Gasteiger partial charge < -0.3 is 8.83 Å². The Morgan fingerprint density at radius 1 is 0.382 bits per heavy atom. The van der Waals surface area contributed by atoms with Gasteiger partial charge in [-0.15, -0.1) is 0 Å². The molecule has 2 nitrogen and oxygen atoms in total. The van der Waals surface area contributed by atoms with E-state index >= 15 is 0 Å². The molecule has 0 fully saturated rings. The molecule has 0 saturated heterocycles. The molecule has 0 atom stereocenters. The molecule has 2 aromatic heterocycles. The highest BCUT2D eigenvalue weighted by Gasteiger charge is 2.13. The second-order valence-electron chi connectivity index (χ2n) is 8.58. The van der Waals surface area contributed by atoms with E-state index in [0.717, 1.165) is 33.8 Å². The topological polar surface area (TPSA) is 26.3 Å². The molecular formula is C32H20O2. The summed E-state index contributed by atoms with van der Waals surface area (Å²) >= 11 is 0. The van der Waals surface area contributed by atoms with E-state index in [0.29, 0.717) is 0 Å². The predicted molar refractivity (Wildman–Crippen MR) is 140 cm³/mol. The van der Waals surface area contributed by atoms with Gasteiger partial charge in [-0.05, 0) is 63.0 Å². The molecule has 0 radical (unpaired) electrons. The second kappa shape index (κ2) is 7.50. The van der Waals surface area contributed by atoms with Gasteiger partial charge in [-0.25, -0.2) is 0 Å². The van der Waals surface area contributed by atoms with Crippen LogP contribution in [0.25, 0.3) is 66.5 Å². The number of furan rings is 2.